The van der Waals surface area contributed by atoms with Crippen molar-refractivity contribution in [1.29, 1.82) is 0 Å². The predicted molar refractivity (Wildman–Crippen MR) is 68.6 cm³/mol. The Hall–Kier alpha value is -1.77. The highest BCUT2D eigenvalue weighted by Crippen LogP contribution is 2.28. The maximum Gasteiger partial charge on any atom is 0.170 e. The van der Waals surface area contributed by atoms with Crippen LogP contribution in [-0.4, -0.2) is 17.9 Å². The van der Waals surface area contributed by atoms with Gasteiger partial charge in [0.05, 0.1) is 7.11 Å². The number of ketones is 1. The monoisotopic (exact) mass is 231 g/mol. The van der Waals surface area contributed by atoms with E-state index in [0.29, 0.717) is 0 Å². The summed E-state index contributed by atoms with van der Waals surface area (Å²) in [6, 6.07) is 5.70. The Morgan fingerprint density at radius 1 is 1.29 bits per heavy atom. The molecule has 0 radical (unpaired) electrons. The van der Waals surface area contributed by atoms with Gasteiger partial charge < -0.3 is 9.72 Å². The fraction of sp³-hybridized carbons (Fsp3) is 0.357. The molecule has 0 saturated carbocycles. The van der Waals surface area contributed by atoms with Crippen molar-refractivity contribution in [2.24, 2.45) is 5.41 Å². The molecule has 0 spiro atoms. The highest BCUT2D eigenvalue weighted by atomic mass is 16.5. The molecule has 0 aliphatic carbocycles. The average Bonchev–Trinajstić information content (AvgIpc) is 2.69. The third-order valence-electron chi connectivity index (χ3n) is 2.81. The molecule has 1 heterocycles. The van der Waals surface area contributed by atoms with E-state index in [-0.39, 0.29) is 11.2 Å². The maximum absolute atomic E-state index is 12.3. The molecule has 90 valence electrons. The molecule has 0 saturated heterocycles. The van der Waals surface area contributed by atoms with Gasteiger partial charge in [-0.15, -0.1) is 0 Å². The molecule has 0 unspecified atom stereocenters. The minimum atomic E-state index is -0.377. The van der Waals surface area contributed by atoms with Crippen LogP contribution >= 0.6 is 0 Å². The Labute approximate surface area is 101 Å². The van der Waals surface area contributed by atoms with Crippen LogP contribution in [0.1, 0.15) is 31.1 Å². The zero-order valence-electron chi connectivity index (χ0n) is 10.6. The number of carbonyl (C=O) groups is 1. The van der Waals surface area contributed by atoms with E-state index in [0.717, 1.165) is 22.2 Å². The van der Waals surface area contributed by atoms with Gasteiger partial charge in [0, 0.05) is 28.1 Å². The first-order valence-corrected chi connectivity index (χ1v) is 5.63. The third-order valence-corrected chi connectivity index (χ3v) is 2.81. The first-order valence-electron chi connectivity index (χ1n) is 5.63. The van der Waals surface area contributed by atoms with Crippen LogP contribution in [0.4, 0.5) is 0 Å². The van der Waals surface area contributed by atoms with Crippen molar-refractivity contribution in [3.63, 3.8) is 0 Å². The molecule has 1 aromatic carbocycles. The maximum atomic E-state index is 12.3. The lowest BCUT2D eigenvalue weighted by Gasteiger charge is -2.15. The Bertz CT molecular complexity index is 561. The van der Waals surface area contributed by atoms with Crippen LogP contribution in [0.3, 0.4) is 0 Å². The second-order valence-electron chi connectivity index (χ2n) is 5.19. The lowest BCUT2D eigenvalue weighted by molar-refractivity contribution is 0.0860. The van der Waals surface area contributed by atoms with E-state index in [9.17, 15) is 4.79 Å². The second kappa shape index (κ2) is 3.91. The van der Waals surface area contributed by atoms with Gasteiger partial charge in [0.15, 0.2) is 5.78 Å². The highest BCUT2D eigenvalue weighted by Gasteiger charge is 2.25. The number of ether oxygens (including phenoxy) is 1. The van der Waals surface area contributed by atoms with E-state index >= 15 is 0 Å². The molecule has 1 N–H and O–H groups in total. The molecule has 2 rings (SSSR count). The molecule has 0 bridgehead atoms. The van der Waals surface area contributed by atoms with E-state index in [4.69, 9.17) is 4.74 Å². The quantitative estimate of drug-likeness (QED) is 0.805. The summed E-state index contributed by atoms with van der Waals surface area (Å²) in [6.07, 6.45) is 1.78. The van der Waals surface area contributed by atoms with Crippen molar-refractivity contribution in [2.75, 3.05) is 7.11 Å². The number of carbonyl (C=O) groups excluding carboxylic acids is 1. The minimum absolute atomic E-state index is 0.136. The Morgan fingerprint density at radius 3 is 2.59 bits per heavy atom. The first kappa shape index (κ1) is 11.7. The van der Waals surface area contributed by atoms with Crippen molar-refractivity contribution >= 4 is 16.7 Å². The second-order valence-corrected chi connectivity index (χ2v) is 5.19. The number of rotatable bonds is 2. The summed E-state index contributed by atoms with van der Waals surface area (Å²) in [7, 11) is 1.62. The third kappa shape index (κ3) is 2.05. The predicted octanol–water partition coefficient (Wildman–Crippen LogP) is 3.41. The van der Waals surface area contributed by atoms with Crippen molar-refractivity contribution in [3.8, 4) is 5.75 Å². The number of H-pyrrole nitrogens is 1. The van der Waals surface area contributed by atoms with Gasteiger partial charge in [-0.3, -0.25) is 4.79 Å². The summed E-state index contributed by atoms with van der Waals surface area (Å²) in [5, 5.41) is 0.921. The number of hydrogen-bond acceptors (Lipinski definition) is 2. The fourth-order valence-electron chi connectivity index (χ4n) is 1.82. The van der Waals surface area contributed by atoms with Crippen LogP contribution < -0.4 is 4.74 Å². The van der Waals surface area contributed by atoms with Crippen LogP contribution in [0.2, 0.25) is 0 Å². The molecule has 3 heteroatoms. The number of nitrogens with one attached hydrogen (secondary N) is 1. The molecule has 2 aromatic rings. The van der Waals surface area contributed by atoms with Crippen molar-refractivity contribution in [1.82, 2.24) is 4.98 Å². The van der Waals surface area contributed by atoms with Gasteiger partial charge in [-0.2, -0.15) is 0 Å². The molecular formula is C14H17NO2. The van der Waals surface area contributed by atoms with Gasteiger partial charge in [-0.25, -0.2) is 0 Å². The fourth-order valence-corrected chi connectivity index (χ4v) is 1.82. The number of aromatic amines is 1. The molecule has 0 amide bonds. The summed E-state index contributed by atoms with van der Waals surface area (Å²) in [5.74, 6) is 0.900. The van der Waals surface area contributed by atoms with E-state index in [1.807, 2.05) is 39.0 Å². The van der Waals surface area contributed by atoms with Crippen LogP contribution in [0.25, 0.3) is 10.9 Å². The normalized spacial score (nSPS) is 11.8. The zero-order chi connectivity index (χ0) is 12.6. The van der Waals surface area contributed by atoms with Crippen LogP contribution in [0.15, 0.2) is 24.4 Å². The minimum Gasteiger partial charge on any atom is -0.497 e. The lowest BCUT2D eigenvalue weighted by atomic mass is 9.86. The van der Waals surface area contributed by atoms with Gasteiger partial charge in [0.1, 0.15) is 5.75 Å². The van der Waals surface area contributed by atoms with Crippen LogP contribution in [0.5, 0.6) is 5.75 Å². The molecular weight excluding hydrogens is 214 g/mol. The summed E-state index contributed by atoms with van der Waals surface area (Å²) < 4.78 is 5.19. The van der Waals surface area contributed by atoms with Crippen molar-refractivity contribution < 1.29 is 9.53 Å². The Morgan fingerprint density at radius 2 is 2.00 bits per heavy atom. The molecule has 3 nitrogen and oxygen atoms in total. The van der Waals surface area contributed by atoms with Gasteiger partial charge in [0.2, 0.25) is 0 Å². The topological polar surface area (TPSA) is 42.1 Å². The molecule has 0 aliphatic heterocycles. The van der Waals surface area contributed by atoms with E-state index in [1.165, 1.54) is 0 Å². The molecule has 17 heavy (non-hydrogen) atoms. The van der Waals surface area contributed by atoms with Crippen molar-refractivity contribution in [2.45, 2.75) is 20.8 Å². The van der Waals surface area contributed by atoms with Gasteiger partial charge in [0.25, 0.3) is 0 Å². The molecule has 0 atom stereocenters. The smallest absolute Gasteiger partial charge is 0.170 e. The van der Waals surface area contributed by atoms with Crippen LogP contribution in [-0.2, 0) is 0 Å². The summed E-state index contributed by atoms with van der Waals surface area (Å²) in [5.41, 5.74) is 1.31. The summed E-state index contributed by atoms with van der Waals surface area (Å²) in [6.45, 7) is 5.77. The van der Waals surface area contributed by atoms with E-state index in [1.54, 1.807) is 13.3 Å². The zero-order valence-corrected chi connectivity index (χ0v) is 10.6. The van der Waals surface area contributed by atoms with Gasteiger partial charge in [-0.1, -0.05) is 20.8 Å². The number of hydrogen-bond donors (Lipinski definition) is 1. The van der Waals surface area contributed by atoms with E-state index < -0.39 is 0 Å². The number of fused-ring (bicyclic) bond motifs is 1. The number of methoxy groups -OCH3 is 1. The van der Waals surface area contributed by atoms with Gasteiger partial charge in [-0.05, 0) is 18.2 Å². The lowest BCUT2D eigenvalue weighted by Crippen LogP contribution is -2.19. The van der Waals surface area contributed by atoms with Crippen molar-refractivity contribution in [3.05, 3.63) is 30.0 Å². The first-order chi connectivity index (χ1) is 7.93. The van der Waals surface area contributed by atoms with Crippen LogP contribution in [0, 0.1) is 5.41 Å². The Balaban J connectivity index is 2.59. The summed E-state index contributed by atoms with van der Waals surface area (Å²) in [4.78, 5) is 15.4. The van der Waals surface area contributed by atoms with E-state index in [2.05, 4.69) is 4.98 Å². The summed E-state index contributed by atoms with van der Waals surface area (Å²) >= 11 is 0. The number of Topliss-reactive ketones (excluding diaryl/α,β-unsaturated/α-hetero) is 1. The Kier molecular flexibility index (Phi) is 2.69. The number of aromatic nitrogens is 1. The molecule has 0 aliphatic rings. The van der Waals surface area contributed by atoms with Gasteiger partial charge >= 0.3 is 0 Å². The average molecular weight is 231 g/mol. The highest BCUT2D eigenvalue weighted by molar-refractivity contribution is 6.10. The molecule has 1 aromatic heterocycles. The largest absolute Gasteiger partial charge is 0.497 e. The molecule has 0 fully saturated rings. The standard InChI is InChI=1S/C14H17NO2/c1-14(2,3)13(16)11-8-15-12-6-5-9(17-4)7-10(11)12/h5-8,15H,1-4H3. The SMILES string of the molecule is COc1ccc2[nH]cc(C(=O)C(C)(C)C)c2c1. The number of benzene rings is 1.